The number of rotatable bonds is 3. The lowest BCUT2D eigenvalue weighted by molar-refractivity contribution is -0.112. The normalized spacial score (nSPS) is 30.6. The van der Waals surface area contributed by atoms with Crippen molar-refractivity contribution in [3.05, 3.63) is 46.6 Å². The van der Waals surface area contributed by atoms with Crippen LogP contribution in [0.4, 0.5) is 4.39 Å². The first-order chi connectivity index (χ1) is 9.43. The van der Waals surface area contributed by atoms with Crippen molar-refractivity contribution in [1.29, 1.82) is 0 Å². The van der Waals surface area contributed by atoms with Crippen LogP contribution < -0.4 is 5.32 Å². The minimum Gasteiger partial charge on any atom is -0.394 e. The van der Waals surface area contributed by atoms with Crippen LogP contribution in [0.15, 0.2) is 30.5 Å². The zero-order valence-corrected chi connectivity index (χ0v) is 12.7. The smallest absolute Gasteiger partial charge is 0.163 e. The van der Waals surface area contributed by atoms with E-state index in [1.165, 1.54) is 6.08 Å². The molecular formula is C16H21ClFNO. The molecule has 0 saturated heterocycles. The zero-order valence-electron chi connectivity index (χ0n) is 11.9. The second-order valence-corrected chi connectivity index (χ2v) is 5.92. The molecule has 4 heteroatoms. The van der Waals surface area contributed by atoms with Crippen LogP contribution >= 0.6 is 11.6 Å². The molecule has 0 spiro atoms. The quantitative estimate of drug-likeness (QED) is 0.888. The van der Waals surface area contributed by atoms with Crippen LogP contribution in [0.5, 0.6) is 0 Å². The number of hydrogen-bond acceptors (Lipinski definition) is 2. The monoisotopic (exact) mass is 297 g/mol. The number of aryl methyl sites for hydroxylation is 1. The summed E-state index contributed by atoms with van der Waals surface area (Å²) in [6.07, 6.45) is 5.27. The van der Waals surface area contributed by atoms with Gasteiger partial charge in [-0.1, -0.05) is 23.7 Å². The average molecular weight is 298 g/mol. The molecular weight excluding hydrogens is 277 g/mol. The van der Waals surface area contributed by atoms with Crippen molar-refractivity contribution < 1.29 is 9.50 Å². The molecule has 0 amide bonds. The standard InChI is InChI=1S/C16H21ClFNO/c1-12-5-6-13(11-14(12)17)16(20)8-4-3-7-15(16,18)9-10-19-2/h5-6,9-11,19-20H,3-4,7-8H2,1-2H3/t15-,16-/m0/s1. The Morgan fingerprint density at radius 3 is 2.70 bits per heavy atom. The lowest BCUT2D eigenvalue weighted by atomic mass is 9.69. The van der Waals surface area contributed by atoms with Crippen molar-refractivity contribution >= 4 is 11.6 Å². The highest BCUT2D eigenvalue weighted by Gasteiger charge is 2.52. The van der Waals surface area contributed by atoms with Gasteiger partial charge in [0.15, 0.2) is 5.67 Å². The van der Waals surface area contributed by atoms with E-state index in [0.29, 0.717) is 23.4 Å². The van der Waals surface area contributed by atoms with Crippen LogP contribution in [0, 0.1) is 6.92 Å². The van der Waals surface area contributed by atoms with Gasteiger partial charge in [-0.15, -0.1) is 0 Å². The minimum absolute atomic E-state index is 0.313. The van der Waals surface area contributed by atoms with Gasteiger partial charge in [0.1, 0.15) is 5.60 Å². The summed E-state index contributed by atoms with van der Waals surface area (Å²) in [6, 6.07) is 5.28. The van der Waals surface area contributed by atoms with Crippen LogP contribution in [0.25, 0.3) is 0 Å². The molecule has 1 saturated carbocycles. The summed E-state index contributed by atoms with van der Waals surface area (Å²) < 4.78 is 15.3. The first kappa shape index (κ1) is 15.3. The maximum Gasteiger partial charge on any atom is 0.163 e. The van der Waals surface area contributed by atoms with Gasteiger partial charge in [-0.05, 0) is 62.1 Å². The number of alkyl halides is 1. The molecule has 1 aliphatic rings. The Hall–Kier alpha value is -1.06. The van der Waals surface area contributed by atoms with Crippen LogP contribution in [-0.2, 0) is 5.60 Å². The SMILES string of the molecule is CNC=C[C@@]1(F)CCCC[C@]1(O)c1ccc(C)c(Cl)c1. The third-order valence-corrected chi connectivity index (χ3v) is 4.59. The van der Waals surface area contributed by atoms with Gasteiger partial charge in [-0.2, -0.15) is 0 Å². The number of hydrogen-bond donors (Lipinski definition) is 2. The van der Waals surface area contributed by atoms with Crippen molar-refractivity contribution in [3.63, 3.8) is 0 Å². The lowest BCUT2D eigenvalue weighted by Gasteiger charge is -2.44. The summed E-state index contributed by atoms with van der Waals surface area (Å²) in [4.78, 5) is 0. The summed E-state index contributed by atoms with van der Waals surface area (Å²) in [5.41, 5.74) is -1.82. The van der Waals surface area contributed by atoms with Gasteiger partial charge in [-0.3, -0.25) is 0 Å². The van der Waals surface area contributed by atoms with Gasteiger partial charge < -0.3 is 10.4 Å². The van der Waals surface area contributed by atoms with E-state index in [-0.39, 0.29) is 0 Å². The van der Waals surface area contributed by atoms with Crippen molar-refractivity contribution in [3.8, 4) is 0 Å². The molecule has 2 atom stereocenters. The fraction of sp³-hybridized carbons (Fsp3) is 0.500. The molecule has 1 aromatic carbocycles. The van der Waals surface area contributed by atoms with Gasteiger partial charge in [-0.25, -0.2) is 4.39 Å². The topological polar surface area (TPSA) is 32.3 Å². The molecule has 0 bridgehead atoms. The Labute approximate surface area is 124 Å². The number of nitrogens with one attached hydrogen (secondary N) is 1. The van der Waals surface area contributed by atoms with Gasteiger partial charge in [0.25, 0.3) is 0 Å². The van der Waals surface area contributed by atoms with Crippen LogP contribution in [-0.4, -0.2) is 17.8 Å². The minimum atomic E-state index is -1.77. The summed E-state index contributed by atoms with van der Waals surface area (Å²) >= 11 is 6.13. The van der Waals surface area contributed by atoms with Crippen LogP contribution in [0.1, 0.15) is 36.8 Å². The number of halogens is 2. The first-order valence-corrected chi connectivity index (χ1v) is 7.34. The zero-order chi connectivity index (χ0) is 14.8. The highest BCUT2D eigenvalue weighted by Crippen LogP contribution is 2.48. The molecule has 2 nitrogen and oxygen atoms in total. The van der Waals surface area contributed by atoms with E-state index >= 15 is 4.39 Å². The number of aliphatic hydroxyl groups is 1. The van der Waals surface area contributed by atoms with Gasteiger partial charge in [0, 0.05) is 12.1 Å². The second-order valence-electron chi connectivity index (χ2n) is 5.52. The predicted octanol–water partition coefficient (Wildman–Crippen LogP) is 3.85. The Morgan fingerprint density at radius 2 is 2.05 bits per heavy atom. The van der Waals surface area contributed by atoms with Gasteiger partial charge in [0.05, 0.1) is 0 Å². The molecule has 2 N–H and O–H groups in total. The molecule has 1 fully saturated rings. The summed E-state index contributed by atoms with van der Waals surface area (Å²) in [5, 5.41) is 14.3. The van der Waals surface area contributed by atoms with Crippen LogP contribution in [0.3, 0.4) is 0 Å². The molecule has 110 valence electrons. The Morgan fingerprint density at radius 1 is 1.35 bits per heavy atom. The van der Waals surface area contributed by atoms with E-state index < -0.39 is 11.3 Å². The first-order valence-electron chi connectivity index (χ1n) is 6.96. The third-order valence-electron chi connectivity index (χ3n) is 4.18. The van der Waals surface area contributed by atoms with Crippen molar-refractivity contribution in [2.24, 2.45) is 0 Å². The fourth-order valence-corrected chi connectivity index (χ4v) is 3.03. The van der Waals surface area contributed by atoms with Gasteiger partial charge >= 0.3 is 0 Å². The largest absolute Gasteiger partial charge is 0.394 e. The molecule has 20 heavy (non-hydrogen) atoms. The number of benzene rings is 1. The van der Waals surface area contributed by atoms with Crippen molar-refractivity contribution in [1.82, 2.24) is 5.32 Å². The van der Waals surface area contributed by atoms with Crippen molar-refractivity contribution in [2.45, 2.75) is 43.9 Å². The molecule has 0 aliphatic heterocycles. The van der Waals surface area contributed by atoms with E-state index in [4.69, 9.17) is 11.6 Å². The predicted molar refractivity (Wildman–Crippen MR) is 80.6 cm³/mol. The van der Waals surface area contributed by atoms with E-state index in [0.717, 1.165) is 18.4 Å². The Bertz CT molecular complexity index is 519. The van der Waals surface area contributed by atoms with E-state index in [1.54, 1.807) is 25.4 Å². The molecule has 0 radical (unpaired) electrons. The maximum absolute atomic E-state index is 15.3. The molecule has 0 heterocycles. The average Bonchev–Trinajstić information content (AvgIpc) is 2.43. The highest BCUT2D eigenvalue weighted by atomic mass is 35.5. The van der Waals surface area contributed by atoms with E-state index in [9.17, 15) is 5.11 Å². The molecule has 2 rings (SSSR count). The second kappa shape index (κ2) is 5.74. The Kier molecular flexibility index (Phi) is 4.40. The third kappa shape index (κ3) is 2.57. The summed E-state index contributed by atoms with van der Waals surface area (Å²) in [7, 11) is 1.71. The van der Waals surface area contributed by atoms with E-state index in [1.807, 2.05) is 13.0 Å². The van der Waals surface area contributed by atoms with Crippen molar-refractivity contribution in [2.75, 3.05) is 7.05 Å². The van der Waals surface area contributed by atoms with Crippen LogP contribution in [0.2, 0.25) is 5.02 Å². The molecule has 0 aromatic heterocycles. The highest BCUT2D eigenvalue weighted by molar-refractivity contribution is 6.31. The lowest BCUT2D eigenvalue weighted by Crippen LogP contribution is -2.49. The Balaban J connectivity index is 2.47. The fourth-order valence-electron chi connectivity index (χ4n) is 2.85. The summed E-state index contributed by atoms with van der Waals surface area (Å²) in [6.45, 7) is 1.89. The van der Waals surface area contributed by atoms with E-state index in [2.05, 4.69) is 5.32 Å². The maximum atomic E-state index is 15.3. The van der Waals surface area contributed by atoms with Gasteiger partial charge in [0.2, 0.25) is 0 Å². The molecule has 0 unspecified atom stereocenters. The molecule has 1 aromatic rings. The molecule has 1 aliphatic carbocycles. The summed E-state index contributed by atoms with van der Waals surface area (Å²) in [5.74, 6) is 0.